The maximum Gasteiger partial charge on any atom is 0.0601 e. The predicted octanol–water partition coefficient (Wildman–Crippen LogP) is 3.38. The number of hydrogen-bond acceptors (Lipinski definition) is 5. The monoisotopic (exact) mass is 313 g/mol. The van der Waals surface area contributed by atoms with Gasteiger partial charge in [0.2, 0.25) is 0 Å². The lowest BCUT2D eigenvalue weighted by Gasteiger charge is -2.15. The molecule has 1 aromatic heterocycles. The minimum absolute atomic E-state index is 0. The molecule has 5 heteroatoms. The van der Waals surface area contributed by atoms with Crippen LogP contribution in [0.4, 0.5) is 0 Å². The summed E-state index contributed by atoms with van der Waals surface area (Å²) in [6.07, 6.45) is 8.99. The Bertz CT molecular complexity index is 333. The molecule has 5 nitrogen and oxygen atoms in total. The highest BCUT2D eigenvalue weighted by molar-refractivity contribution is 5.21. The number of pyridine rings is 1. The van der Waals surface area contributed by atoms with Gasteiger partial charge in [-0.1, -0.05) is 26.1 Å². The van der Waals surface area contributed by atoms with Gasteiger partial charge in [-0.15, -0.1) is 0 Å². The van der Waals surface area contributed by atoms with E-state index in [1.54, 1.807) is 14.2 Å². The van der Waals surface area contributed by atoms with Crippen molar-refractivity contribution >= 4 is 0 Å². The van der Waals surface area contributed by atoms with Crippen LogP contribution in [-0.4, -0.2) is 37.5 Å². The van der Waals surface area contributed by atoms with Crippen molar-refractivity contribution in [2.24, 2.45) is 5.73 Å². The summed E-state index contributed by atoms with van der Waals surface area (Å²) in [6.45, 7) is 1.49. The zero-order chi connectivity index (χ0) is 14.6. The molecular weight excluding hydrogens is 278 g/mol. The van der Waals surface area contributed by atoms with Crippen molar-refractivity contribution in [3.05, 3.63) is 29.6 Å². The van der Waals surface area contributed by atoms with E-state index in [1.807, 2.05) is 12.3 Å². The van der Waals surface area contributed by atoms with E-state index in [2.05, 4.69) is 11.1 Å². The van der Waals surface area contributed by atoms with Gasteiger partial charge < -0.3 is 5.73 Å². The molecule has 1 heterocycles. The van der Waals surface area contributed by atoms with Crippen LogP contribution in [0.2, 0.25) is 0 Å². The van der Waals surface area contributed by atoms with Gasteiger partial charge in [-0.3, -0.25) is 14.7 Å². The van der Waals surface area contributed by atoms with Crippen LogP contribution in [0.1, 0.15) is 51.8 Å². The van der Waals surface area contributed by atoms with Crippen molar-refractivity contribution in [3.63, 3.8) is 0 Å². The number of hydroxylamine groups is 2. The van der Waals surface area contributed by atoms with Gasteiger partial charge in [0.15, 0.2) is 0 Å². The number of unbranched alkanes of at least 4 members (excludes halogenated alkanes) is 1. The second-order valence-corrected chi connectivity index (χ2v) is 4.73. The van der Waals surface area contributed by atoms with Crippen LogP contribution >= 0.6 is 0 Å². The highest BCUT2D eigenvalue weighted by atomic mass is 16.9. The van der Waals surface area contributed by atoms with Crippen molar-refractivity contribution in [2.75, 3.05) is 27.3 Å². The third-order valence-corrected chi connectivity index (χ3v) is 3.30. The molecule has 22 heavy (non-hydrogen) atoms. The van der Waals surface area contributed by atoms with E-state index in [-0.39, 0.29) is 14.9 Å². The van der Waals surface area contributed by atoms with Gasteiger partial charge in [-0.2, -0.15) is 0 Å². The van der Waals surface area contributed by atoms with Crippen LogP contribution in [0.3, 0.4) is 0 Å². The standard InChI is InChI=1S/C9H11N.C6H16N2O2.2CH4/c1-2-6-9-8(4-1)5-3-7-10-9;1-9-8(10-2)6-4-3-5-7;;/h3,5,7H,1-2,4,6H2;3-7H2,1-2H3;2*1H4. The normalized spacial score (nSPS) is 12.4. The molecule has 1 aliphatic rings. The molecule has 0 radical (unpaired) electrons. The van der Waals surface area contributed by atoms with Crippen LogP contribution < -0.4 is 5.73 Å². The van der Waals surface area contributed by atoms with Gasteiger partial charge in [0, 0.05) is 11.9 Å². The van der Waals surface area contributed by atoms with Gasteiger partial charge in [0.25, 0.3) is 0 Å². The van der Waals surface area contributed by atoms with E-state index in [0.29, 0.717) is 0 Å². The summed E-state index contributed by atoms with van der Waals surface area (Å²) in [7, 11) is 3.15. The second kappa shape index (κ2) is 14.9. The van der Waals surface area contributed by atoms with Gasteiger partial charge in [0.1, 0.15) is 0 Å². The van der Waals surface area contributed by atoms with Gasteiger partial charge >= 0.3 is 0 Å². The third-order valence-electron chi connectivity index (χ3n) is 3.30. The molecule has 0 amide bonds. The molecule has 0 spiro atoms. The Balaban J connectivity index is 0. The number of aromatic nitrogens is 1. The highest BCUT2D eigenvalue weighted by Crippen LogP contribution is 2.17. The number of nitrogens with two attached hydrogens (primary N) is 1. The minimum Gasteiger partial charge on any atom is -0.330 e. The van der Waals surface area contributed by atoms with E-state index in [1.165, 1.54) is 42.2 Å². The summed E-state index contributed by atoms with van der Waals surface area (Å²) in [5.41, 5.74) is 8.09. The van der Waals surface area contributed by atoms with Crippen LogP contribution in [0, 0.1) is 0 Å². The zero-order valence-corrected chi connectivity index (χ0v) is 12.7. The molecule has 1 aromatic rings. The van der Waals surface area contributed by atoms with E-state index in [9.17, 15) is 0 Å². The molecule has 0 saturated carbocycles. The molecule has 2 N–H and O–H groups in total. The quantitative estimate of drug-likeness (QED) is 0.644. The Labute approximate surface area is 136 Å². The fraction of sp³-hybridized carbons (Fsp3) is 0.706. The van der Waals surface area contributed by atoms with Crippen LogP contribution in [0.25, 0.3) is 0 Å². The fourth-order valence-corrected chi connectivity index (χ4v) is 2.17. The zero-order valence-electron chi connectivity index (χ0n) is 12.7. The molecule has 0 saturated heterocycles. The Morgan fingerprint density at radius 3 is 2.41 bits per heavy atom. The summed E-state index contributed by atoms with van der Waals surface area (Å²) in [5.74, 6) is 0. The molecule has 130 valence electrons. The summed E-state index contributed by atoms with van der Waals surface area (Å²) >= 11 is 0. The average Bonchev–Trinajstić information content (AvgIpc) is 2.52. The number of nitrogens with zero attached hydrogens (tertiary/aromatic N) is 2. The topological polar surface area (TPSA) is 60.6 Å². The van der Waals surface area contributed by atoms with Crippen molar-refractivity contribution < 1.29 is 9.68 Å². The first kappa shape index (κ1) is 23.3. The van der Waals surface area contributed by atoms with E-state index < -0.39 is 0 Å². The largest absolute Gasteiger partial charge is 0.330 e. The van der Waals surface area contributed by atoms with Crippen molar-refractivity contribution in [3.8, 4) is 0 Å². The summed E-state index contributed by atoms with van der Waals surface area (Å²) < 4.78 is 0. The maximum absolute atomic E-state index is 5.30. The summed E-state index contributed by atoms with van der Waals surface area (Å²) in [4.78, 5) is 14.0. The fourth-order valence-electron chi connectivity index (χ4n) is 2.17. The lowest BCUT2D eigenvalue weighted by Crippen LogP contribution is -2.22. The first-order valence-electron chi connectivity index (χ1n) is 7.30. The molecule has 0 bridgehead atoms. The predicted molar refractivity (Wildman–Crippen MR) is 93.4 cm³/mol. The summed E-state index contributed by atoms with van der Waals surface area (Å²) in [6, 6.07) is 4.23. The lowest BCUT2D eigenvalue weighted by molar-refractivity contribution is -0.342. The average molecular weight is 313 g/mol. The SMILES string of the molecule is C.C.CON(CCCCN)OC.c1cnc2c(c1)CCCC2. The molecule has 0 fully saturated rings. The molecule has 0 aromatic carbocycles. The van der Waals surface area contributed by atoms with E-state index >= 15 is 0 Å². The number of fused-ring (bicyclic) bond motifs is 1. The Morgan fingerprint density at radius 1 is 1.14 bits per heavy atom. The molecule has 2 rings (SSSR count). The first-order chi connectivity index (χ1) is 9.81. The number of aryl methyl sites for hydroxylation is 2. The Morgan fingerprint density at radius 2 is 1.82 bits per heavy atom. The maximum atomic E-state index is 5.30. The second-order valence-electron chi connectivity index (χ2n) is 4.73. The van der Waals surface area contributed by atoms with Crippen molar-refractivity contribution in [2.45, 2.75) is 53.4 Å². The smallest absolute Gasteiger partial charge is 0.0601 e. The molecule has 0 aliphatic heterocycles. The highest BCUT2D eigenvalue weighted by Gasteiger charge is 2.07. The van der Waals surface area contributed by atoms with Crippen molar-refractivity contribution in [1.82, 2.24) is 10.2 Å². The van der Waals surface area contributed by atoms with Crippen molar-refractivity contribution in [1.29, 1.82) is 0 Å². The molecule has 1 aliphatic carbocycles. The Kier molecular flexibility index (Phi) is 15.8. The van der Waals surface area contributed by atoms with E-state index in [0.717, 1.165) is 25.9 Å². The van der Waals surface area contributed by atoms with Crippen LogP contribution in [0.15, 0.2) is 18.3 Å². The van der Waals surface area contributed by atoms with E-state index in [4.69, 9.17) is 15.4 Å². The van der Waals surface area contributed by atoms with Gasteiger partial charge in [0.05, 0.1) is 20.8 Å². The minimum atomic E-state index is 0. The molecular formula is C17H35N3O2. The van der Waals surface area contributed by atoms with Gasteiger partial charge in [-0.25, -0.2) is 0 Å². The lowest BCUT2D eigenvalue weighted by atomic mass is 9.96. The molecule has 0 atom stereocenters. The first-order valence-corrected chi connectivity index (χ1v) is 7.30. The summed E-state index contributed by atoms with van der Waals surface area (Å²) in [5, 5.41) is 1.43. The molecule has 0 unspecified atom stereocenters. The van der Waals surface area contributed by atoms with Crippen LogP contribution in [-0.2, 0) is 22.5 Å². The Hall–Kier alpha value is -1.01. The third kappa shape index (κ3) is 9.10. The number of rotatable bonds is 6. The van der Waals surface area contributed by atoms with Gasteiger partial charge in [-0.05, 0) is 56.7 Å². The van der Waals surface area contributed by atoms with Crippen LogP contribution in [0.5, 0.6) is 0 Å². The number of hydrogen-bond donors (Lipinski definition) is 1.